The SMILES string of the molecule is CCC(=O)OCCOCCOCCOCCOc1cc2oc(=O)c(-c3ccccc3C(F)(F)F)cc2cn1. The Labute approximate surface area is 216 Å². The smallest absolute Gasteiger partial charge is 0.417 e. The molecular weight excluding hydrogens is 511 g/mol. The van der Waals surface area contributed by atoms with E-state index in [1.54, 1.807) is 6.92 Å². The molecule has 0 aliphatic rings. The summed E-state index contributed by atoms with van der Waals surface area (Å²) >= 11 is 0. The van der Waals surface area contributed by atoms with Gasteiger partial charge in [-0.1, -0.05) is 25.1 Å². The van der Waals surface area contributed by atoms with E-state index in [0.29, 0.717) is 44.8 Å². The first-order chi connectivity index (χ1) is 18.3. The van der Waals surface area contributed by atoms with Crippen LogP contribution in [-0.2, 0) is 29.9 Å². The van der Waals surface area contributed by atoms with Gasteiger partial charge in [-0.05, 0) is 12.1 Å². The first-order valence-corrected chi connectivity index (χ1v) is 11.9. The number of carbonyl (C=O) groups is 1. The Morgan fingerprint density at radius 1 is 0.895 bits per heavy atom. The molecule has 0 atom stereocenters. The van der Waals surface area contributed by atoms with Crippen LogP contribution in [0.25, 0.3) is 22.1 Å². The molecule has 0 saturated heterocycles. The standard InChI is InChI=1S/C26H28F3NO8/c1-2-24(31)37-14-12-35-10-8-33-7-9-34-11-13-36-23-16-22-18(17-30-23)15-20(25(32)38-22)19-5-3-4-6-21(19)26(27,28)29/h3-6,15-17H,2,7-14H2,1H3. The minimum atomic E-state index is -4.62. The van der Waals surface area contributed by atoms with Gasteiger partial charge in [-0.25, -0.2) is 9.78 Å². The molecule has 12 heteroatoms. The van der Waals surface area contributed by atoms with Crippen molar-refractivity contribution in [1.29, 1.82) is 0 Å². The van der Waals surface area contributed by atoms with Gasteiger partial charge in [0.2, 0.25) is 5.88 Å². The van der Waals surface area contributed by atoms with E-state index >= 15 is 0 Å². The second kappa shape index (κ2) is 14.5. The largest absolute Gasteiger partial charge is 0.475 e. The normalized spacial score (nSPS) is 11.6. The third kappa shape index (κ3) is 8.82. The van der Waals surface area contributed by atoms with Gasteiger partial charge in [-0.3, -0.25) is 4.79 Å². The van der Waals surface area contributed by atoms with Crippen molar-refractivity contribution in [2.24, 2.45) is 0 Å². The van der Waals surface area contributed by atoms with E-state index in [0.717, 1.165) is 6.07 Å². The fraction of sp³-hybridized carbons (Fsp3) is 0.423. The van der Waals surface area contributed by atoms with E-state index in [1.807, 2.05) is 0 Å². The molecule has 0 bridgehead atoms. The Morgan fingerprint density at radius 2 is 1.53 bits per heavy atom. The number of carbonyl (C=O) groups excluding carboxylic acids is 1. The van der Waals surface area contributed by atoms with Crippen LogP contribution >= 0.6 is 0 Å². The van der Waals surface area contributed by atoms with Crippen molar-refractivity contribution in [1.82, 2.24) is 4.98 Å². The first-order valence-electron chi connectivity index (χ1n) is 11.9. The van der Waals surface area contributed by atoms with Crippen molar-refractivity contribution in [3.05, 3.63) is 58.6 Å². The molecular formula is C26H28F3NO8. The van der Waals surface area contributed by atoms with Crippen LogP contribution in [0.3, 0.4) is 0 Å². The van der Waals surface area contributed by atoms with E-state index < -0.39 is 17.4 Å². The Morgan fingerprint density at radius 3 is 2.18 bits per heavy atom. The maximum Gasteiger partial charge on any atom is 0.417 e. The van der Waals surface area contributed by atoms with Gasteiger partial charge in [0, 0.05) is 29.6 Å². The number of nitrogens with zero attached hydrogens (tertiary/aromatic N) is 1. The number of halogens is 3. The predicted molar refractivity (Wildman–Crippen MR) is 130 cm³/mol. The highest BCUT2D eigenvalue weighted by atomic mass is 19.4. The topological polar surface area (TPSA) is 106 Å². The molecule has 0 radical (unpaired) electrons. The van der Waals surface area contributed by atoms with Crippen LogP contribution in [0.1, 0.15) is 18.9 Å². The monoisotopic (exact) mass is 539 g/mol. The molecule has 0 fully saturated rings. The lowest BCUT2D eigenvalue weighted by atomic mass is 10.00. The lowest BCUT2D eigenvalue weighted by Crippen LogP contribution is -2.14. The summed E-state index contributed by atoms with van der Waals surface area (Å²) in [6, 6.07) is 7.52. The van der Waals surface area contributed by atoms with E-state index in [2.05, 4.69) is 4.98 Å². The van der Waals surface area contributed by atoms with Crippen molar-refractivity contribution >= 4 is 16.9 Å². The number of esters is 1. The average Bonchev–Trinajstić information content (AvgIpc) is 2.90. The number of fused-ring (bicyclic) bond motifs is 1. The molecule has 3 aromatic rings. The van der Waals surface area contributed by atoms with Gasteiger partial charge in [0.25, 0.3) is 0 Å². The summed E-state index contributed by atoms with van der Waals surface area (Å²) < 4.78 is 71.8. The third-order valence-corrected chi connectivity index (χ3v) is 5.12. The Kier molecular flexibility index (Phi) is 11.1. The zero-order chi connectivity index (χ0) is 27.4. The van der Waals surface area contributed by atoms with Crippen molar-refractivity contribution in [2.45, 2.75) is 19.5 Å². The summed E-state index contributed by atoms with van der Waals surface area (Å²) in [6.45, 7) is 4.08. The summed E-state index contributed by atoms with van der Waals surface area (Å²) in [6.07, 6.45) is -2.93. The number of aromatic nitrogens is 1. The van der Waals surface area contributed by atoms with E-state index in [9.17, 15) is 22.8 Å². The van der Waals surface area contributed by atoms with Crippen molar-refractivity contribution in [2.75, 3.05) is 52.9 Å². The van der Waals surface area contributed by atoms with Crippen LogP contribution in [0.15, 0.2) is 51.8 Å². The van der Waals surface area contributed by atoms with Gasteiger partial charge >= 0.3 is 17.8 Å². The van der Waals surface area contributed by atoms with Crippen molar-refractivity contribution in [3.63, 3.8) is 0 Å². The van der Waals surface area contributed by atoms with E-state index in [-0.39, 0.29) is 48.4 Å². The number of ether oxygens (including phenoxy) is 5. The minimum Gasteiger partial charge on any atom is -0.475 e. The lowest BCUT2D eigenvalue weighted by Gasteiger charge is -2.12. The summed E-state index contributed by atoms with van der Waals surface area (Å²) in [5.74, 6) is -0.0944. The zero-order valence-corrected chi connectivity index (χ0v) is 20.8. The molecule has 206 valence electrons. The van der Waals surface area contributed by atoms with Crippen LogP contribution in [0.4, 0.5) is 13.2 Å². The molecule has 38 heavy (non-hydrogen) atoms. The van der Waals surface area contributed by atoms with Gasteiger partial charge in [0.1, 0.15) is 18.8 Å². The molecule has 1 aromatic carbocycles. The summed E-state index contributed by atoms with van der Waals surface area (Å²) in [7, 11) is 0. The molecule has 9 nitrogen and oxygen atoms in total. The highest BCUT2D eigenvalue weighted by Gasteiger charge is 2.34. The zero-order valence-electron chi connectivity index (χ0n) is 20.8. The minimum absolute atomic E-state index is 0.133. The molecule has 0 saturated carbocycles. The molecule has 0 aliphatic heterocycles. The Hall–Kier alpha value is -3.48. The molecule has 0 spiro atoms. The number of hydrogen-bond donors (Lipinski definition) is 0. The molecule has 3 rings (SSSR count). The molecule has 2 aromatic heterocycles. The van der Waals surface area contributed by atoms with Crippen molar-refractivity contribution in [3.8, 4) is 17.0 Å². The number of hydrogen-bond acceptors (Lipinski definition) is 9. The number of benzene rings is 1. The fourth-order valence-corrected chi connectivity index (χ4v) is 3.29. The van der Waals surface area contributed by atoms with Crippen LogP contribution in [-0.4, -0.2) is 63.8 Å². The summed E-state index contributed by atoms with van der Waals surface area (Å²) in [4.78, 5) is 27.6. The second-order valence-electron chi connectivity index (χ2n) is 7.81. The Balaban J connectivity index is 1.39. The molecule has 0 N–H and O–H groups in total. The molecule has 2 heterocycles. The van der Waals surface area contributed by atoms with E-state index in [1.165, 1.54) is 36.5 Å². The highest BCUT2D eigenvalue weighted by Crippen LogP contribution is 2.36. The average molecular weight is 540 g/mol. The maximum atomic E-state index is 13.4. The first kappa shape index (κ1) is 29.1. The maximum absolute atomic E-state index is 13.4. The second-order valence-corrected chi connectivity index (χ2v) is 7.81. The van der Waals surface area contributed by atoms with Gasteiger partial charge in [-0.2, -0.15) is 13.2 Å². The summed E-state index contributed by atoms with van der Waals surface area (Å²) in [5.41, 5.74) is -2.17. The number of alkyl halides is 3. The number of rotatable bonds is 15. The van der Waals surface area contributed by atoms with Crippen LogP contribution < -0.4 is 10.4 Å². The number of pyridine rings is 1. The Bertz CT molecular complexity index is 1250. The fourth-order valence-electron chi connectivity index (χ4n) is 3.29. The van der Waals surface area contributed by atoms with Gasteiger partial charge in [0.05, 0.1) is 50.8 Å². The summed E-state index contributed by atoms with van der Waals surface area (Å²) in [5, 5.41) is 0.350. The van der Waals surface area contributed by atoms with Gasteiger partial charge < -0.3 is 28.1 Å². The van der Waals surface area contributed by atoms with Crippen molar-refractivity contribution < 1.29 is 46.1 Å². The van der Waals surface area contributed by atoms with Crippen LogP contribution in [0, 0.1) is 0 Å². The quantitative estimate of drug-likeness (QED) is 0.207. The van der Waals surface area contributed by atoms with Gasteiger partial charge in [-0.15, -0.1) is 0 Å². The third-order valence-electron chi connectivity index (χ3n) is 5.12. The molecule has 0 aliphatic carbocycles. The lowest BCUT2D eigenvalue weighted by molar-refractivity contribution is -0.145. The highest BCUT2D eigenvalue weighted by molar-refractivity contribution is 5.82. The van der Waals surface area contributed by atoms with Crippen LogP contribution in [0.2, 0.25) is 0 Å². The van der Waals surface area contributed by atoms with Gasteiger partial charge in [0.15, 0.2) is 0 Å². The van der Waals surface area contributed by atoms with Crippen LogP contribution in [0.5, 0.6) is 5.88 Å². The molecule has 0 unspecified atom stereocenters. The molecule has 0 amide bonds. The van der Waals surface area contributed by atoms with E-state index in [4.69, 9.17) is 28.1 Å². The predicted octanol–water partition coefficient (Wildman–Crippen LogP) is 4.26.